The Labute approximate surface area is 81.2 Å². The molecule has 1 rings (SSSR count). The third-order valence-electron chi connectivity index (χ3n) is 2.18. The summed E-state index contributed by atoms with van der Waals surface area (Å²) in [6.07, 6.45) is 1.13. The molecule has 1 heteroatoms. The van der Waals surface area contributed by atoms with E-state index in [1.807, 2.05) is 7.05 Å². The lowest BCUT2D eigenvalue weighted by Crippen LogP contribution is -2.28. The van der Waals surface area contributed by atoms with Crippen LogP contribution in [0.2, 0.25) is 0 Å². The summed E-state index contributed by atoms with van der Waals surface area (Å²) in [6, 6.07) is 10.7. The van der Waals surface area contributed by atoms with Gasteiger partial charge in [-0.25, -0.2) is 0 Å². The van der Waals surface area contributed by atoms with Crippen molar-refractivity contribution in [2.75, 3.05) is 13.6 Å². The van der Waals surface area contributed by atoms with Gasteiger partial charge in [0.05, 0.1) is 0 Å². The first-order valence-electron chi connectivity index (χ1n) is 4.82. The molecular formula is C12H19N. The largest absolute Gasteiger partial charge is 0.319 e. The second kappa shape index (κ2) is 4.43. The van der Waals surface area contributed by atoms with Gasteiger partial charge in [-0.15, -0.1) is 0 Å². The van der Waals surface area contributed by atoms with Crippen molar-refractivity contribution < 1.29 is 0 Å². The zero-order valence-electron chi connectivity index (χ0n) is 8.80. The van der Waals surface area contributed by atoms with Gasteiger partial charge in [-0.1, -0.05) is 44.2 Å². The van der Waals surface area contributed by atoms with Crippen molar-refractivity contribution in [3.05, 3.63) is 35.9 Å². The molecule has 0 aromatic heterocycles. The van der Waals surface area contributed by atoms with Gasteiger partial charge in [0.1, 0.15) is 0 Å². The Hall–Kier alpha value is -0.820. The molecule has 0 fully saturated rings. The lowest BCUT2D eigenvalue weighted by molar-refractivity contribution is 0.350. The molecule has 0 aliphatic carbocycles. The predicted molar refractivity (Wildman–Crippen MR) is 57.9 cm³/mol. The summed E-state index contributed by atoms with van der Waals surface area (Å²) in [5.74, 6) is 0. The highest BCUT2D eigenvalue weighted by Gasteiger charge is 2.16. The third-order valence-corrected chi connectivity index (χ3v) is 2.18. The van der Waals surface area contributed by atoms with E-state index in [9.17, 15) is 0 Å². The van der Waals surface area contributed by atoms with Crippen molar-refractivity contribution in [1.82, 2.24) is 5.32 Å². The highest BCUT2D eigenvalue weighted by Crippen LogP contribution is 2.20. The maximum atomic E-state index is 3.23. The number of benzene rings is 1. The molecule has 1 aromatic carbocycles. The zero-order chi connectivity index (χ0) is 9.73. The van der Waals surface area contributed by atoms with E-state index in [-0.39, 0.29) is 0 Å². The van der Waals surface area contributed by atoms with E-state index < -0.39 is 0 Å². The van der Waals surface area contributed by atoms with Crippen LogP contribution in [-0.4, -0.2) is 13.6 Å². The van der Waals surface area contributed by atoms with Gasteiger partial charge in [-0.05, 0) is 24.4 Å². The van der Waals surface area contributed by atoms with E-state index in [2.05, 4.69) is 49.5 Å². The molecule has 0 saturated heterocycles. The van der Waals surface area contributed by atoms with E-state index in [1.165, 1.54) is 5.56 Å². The molecule has 0 saturated carbocycles. The Morgan fingerprint density at radius 1 is 1.15 bits per heavy atom. The van der Waals surface area contributed by atoms with E-state index in [1.54, 1.807) is 0 Å². The lowest BCUT2D eigenvalue weighted by Gasteiger charge is -2.24. The number of nitrogens with one attached hydrogen (secondary N) is 1. The molecule has 0 heterocycles. The average molecular weight is 177 g/mol. The molecule has 1 nitrogen and oxygen atoms in total. The van der Waals surface area contributed by atoms with E-state index >= 15 is 0 Å². The molecule has 0 aliphatic rings. The maximum Gasteiger partial charge on any atom is 0.000270 e. The lowest BCUT2D eigenvalue weighted by atomic mass is 9.86. The summed E-state index contributed by atoms with van der Waals surface area (Å²) in [5, 5.41) is 3.23. The monoisotopic (exact) mass is 177 g/mol. The van der Waals surface area contributed by atoms with Gasteiger partial charge in [-0.3, -0.25) is 0 Å². The van der Waals surface area contributed by atoms with Gasteiger partial charge in [0.2, 0.25) is 0 Å². The van der Waals surface area contributed by atoms with Crippen LogP contribution in [-0.2, 0) is 6.42 Å². The van der Waals surface area contributed by atoms with Crippen LogP contribution in [0.3, 0.4) is 0 Å². The molecule has 13 heavy (non-hydrogen) atoms. The molecule has 0 unspecified atom stereocenters. The second-order valence-electron chi connectivity index (χ2n) is 4.36. The summed E-state index contributed by atoms with van der Waals surface area (Å²) in [6.45, 7) is 5.63. The first-order chi connectivity index (χ1) is 6.14. The third kappa shape index (κ3) is 3.60. The molecule has 72 valence electrons. The topological polar surface area (TPSA) is 12.0 Å². The van der Waals surface area contributed by atoms with Gasteiger partial charge in [-0.2, -0.15) is 0 Å². The van der Waals surface area contributed by atoms with Crippen molar-refractivity contribution in [3.8, 4) is 0 Å². The first-order valence-corrected chi connectivity index (χ1v) is 4.82. The normalized spacial score (nSPS) is 11.6. The van der Waals surface area contributed by atoms with Crippen molar-refractivity contribution in [1.29, 1.82) is 0 Å². The molecule has 0 spiro atoms. The zero-order valence-corrected chi connectivity index (χ0v) is 8.80. The Balaban J connectivity index is 2.58. The molecule has 0 bridgehead atoms. The van der Waals surface area contributed by atoms with Crippen LogP contribution in [0.15, 0.2) is 30.3 Å². The summed E-state index contributed by atoms with van der Waals surface area (Å²) in [4.78, 5) is 0. The fraction of sp³-hybridized carbons (Fsp3) is 0.500. The van der Waals surface area contributed by atoms with Gasteiger partial charge >= 0.3 is 0 Å². The van der Waals surface area contributed by atoms with E-state index in [0.29, 0.717) is 5.41 Å². The Kier molecular flexibility index (Phi) is 3.49. The van der Waals surface area contributed by atoms with Crippen molar-refractivity contribution in [3.63, 3.8) is 0 Å². The molecule has 1 N–H and O–H groups in total. The smallest absolute Gasteiger partial charge is 0.000270 e. The quantitative estimate of drug-likeness (QED) is 0.745. The van der Waals surface area contributed by atoms with Gasteiger partial charge in [0, 0.05) is 6.54 Å². The van der Waals surface area contributed by atoms with Crippen LogP contribution in [0.1, 0.15) is 19.4 Å². The molecule has 0 aliphatic heterocycles. The number of hydrogen-bond donors (Lipinski definition) is 1. The van der Waals surface area contributed by atoms with Crippen LogP contribution in [0.25, 0.3) is 0 Å². The Bertz CT molecular complexity index is 239. The van der Waals surface area contributed by atoms with Gasteiger partial charge in [0.15, 0.2) is 0 Å². The molecular weight excluding hydrogens is 158 g/mol. The Morgan fingerprint density at radius 3 is 2.31 bits per heavy atom. The standard InChI is InChI=1S/C12H19N/c1-12(2,10-13-3)9-11-7-5-4-6-8-11/h4-8,13H,9-10H2,1-3H3. The molecule has 0 radical (unpaired) electrons. The van der Waals surface area contributed by atoms with Crippen LogP contribution in [0.4, 0.5) is 0 Å². The van der Waals surface area contributed by atoms with Crippen LogP contribution in [0.5, 0.6) is 0 Å². The van der Waals surface area contributed by atoms with Crippen LogP contribution >= 0.6 is 0 Å². The minimum absolute atomic E-state index is 0.343. The fourth-order valence-electron chi connectivity index (χ4n) is 1.69. The van der Waals surface area contributed by atoms with Crippen LogP contribution in [0, 0.1) is 5.41 Å². The fourth-order valence-corrected chi connectivity index (χ4v) is 1.69. The SMILES string of the molecule is CNCC(C)(C)Cc1ccccc1. The predicted octanol–water partition coefficient (Wildman–Crippen LogP) is 2.47. The average Bonchev–Trinajstić information content (AvgIpc) is 2.04. The highest BCUT2D eigenvalue weighted by molar-refractivity contribution is 5.16. The van der Waals surface area contributed by atoms with Gasteiger partial charge < -0.3 is 5.32 Å². The number of hydrogen-bond acceptors (Lipinski definition) is 1. The van der Waals surface area contributed by atoms with E-state index in [0.717, 1.165) is 13.0 Å². The summed E-state index contributed by atoms with van der Waals surface area (Å²) < 4.78 is 0. The summed E-state index contributed by atoms with van der Waals surface area (Å²) >= 11 is 0. The summed E-state index contributed by atoms with van der Waals surface area (Å²) in [7, 11) is 2.01. The Morgan fingerprint density at radius 2 is 1.77 bits per heavy atom. The minimum atomic E-state index is 0.343. The highest BCUT2D eigenvalue weighted by atomic mass is 14.8. The minimum Gasteiger partial charge on any atom is -0.319 e. The van der Waals surface area contributed by atoms with Gasteiger partial charge in [0.25, 0.3) is 0 Å². The molecule has 0 atom stereocenters. The molecule has 0 amide bonds. The second-order valence-corrected chi connectivity index (χ2v) is 4.36. The maximum absolute atomic E-state index is 3.23. The summed E-state index contributed by atoms with van der Waals surface area (Å²) in [5.41, 5.74) is 1.76. The van der Waals surface area contributed by atoms with Crippen LogP contribution < -0.4 is 5.32 Å². The molecule has 1 aromatic rings. The van der Waals surface area contributed by atoms with E-state index in [4.69, 9.17) is 0 Å². The van der Waals surface area contributed by atoms with Crippen molar-refractivity contribution >= 4 is 0 Å². The number of rotatable bonds is 4. The van der Waals surface area contributed by atoms with Crippen molar-refractivity contribution in [2.24, 2.45) is 5.41 Å². The first kappa shape index (κ1) is 10.3. The van der Waals surface area contributed by atoms with Crippen molar-refractivity contribution in [2.45, 2.75) is 20.3 Å².